The van der Waals surface area contributed by atoms with Crippen LogP contribution in [0.2, 0.25) is 0 Å². The monoisotopic (exact) mass is 354 g/mol. The van der Waals surface area contributed by atoms with E-state index in [1.165, 1.54) is 0 Å². The summed E-state index contributed by atoms with van der Waals surface area (Å²) >= 11 is 0. The van der Waals surface area contributed by atoms with E-state index in [2.05, 4.69) is 13.8 Å². The van der Waals surface area contributed by atoms with Gasteiger partial charge in [0.1, 0.15) is 11.5 Å². The number of hydrogen-bond acceptors (Lipinski definition) is 4. The van der Waals surface area contributed by atoms with E-state index < -0.39 is 6.16 Å². The highest BCUT2D eigenvalue weighted by molar-refractivity contribution is 5.98. The number of rotatable bonds is 4. The van der Waals surface area contributed by atoms with Gasteiger partial charge < -0.3 is 14.6 Å². The van der Waals surface area contributed by atoms with Crippen LogP contribution < -0.4 is 4.74 Å². The van der Waals surface area contributed by atoms with E-state index in [4.69, 9.17) is 9.47 Å². The molecule has 0 heterocycles. The van der Waals surface area contributed by atoms with E-state index >= 15 is 0 Å². The van der Waals surface area contributed by atoms with Crippen molar-refractivity contribution in [3.05, 3.63) is 34.9 Å². The molecule has 2 unspecified atom stereocenters. The highest BCUT2D eigenvalue weighted by Crippen LogP contribution is 2.63. The average molecular weight is 354 g/mol. The predicted octanol–water partition coefficient (Wildman–Crippen LogP) is 5.71. The molecule has 1 fully saturated rings. The molecule has 26 heavy (non-hydrogen) atoms. The van der Waals surface area contributed by atoms with E-state index in [1.807, 2.05) is 25.1 Å². The van der Waals surface area contributed by atoms with E-state index in [-0.39, 0.29) is 5.41 Å². The fourth-order valence-electron chi connectivity index (χ4n) is 4.81. The number of carbonyl (C=O) groups excluding carboxylic acids is 1. The lowest BCUT2D eigenvalue weighted by Gasteiger charge is -2.27. The Morgan fingerprint density at radius 2 is 2.15 bits per heavy atom. The van der Waals surface area contributed by atoms with Crippen LogP contribution >= 0.6 is 0 Å². The van der Waals surface area contributed by atoms with Gasteiger partial charge in [0, 0.05) is 21.9 Å². The van der Waals surface area contributed by atoms with E-state index in [0.717, 1.165) is 59.6 Å². The molecule has 1 N–H and O–H groups in total. The maximum atomic E-state index is 12.3. The van der Waals surface area contributed by atoms with Crippen molar-refractivity contribution in [1.82, 2.24) is 0 Å². The fraction of sp³-hybridized carbons (Fsp3) is 0.500. The predicted molar refractivity (Wildman–Crippen MR) is 101 cm³/mol. The summed E-state index contributed by atoms with van der Waals surface area (Å²) in [5.74, 6) is 1.28. The third kappa shape index (κ3) is 2.54. The number of aryl methyl sites for hydroxylation is 1. The smallest absolute Gasteiger partial charge is 0.507 e. The molecule has 0 radical (unpaired) electrons. The van der Waals surface area contributed by atoms with Gasteiger partial charge in [-0.25, -0.2) is 4.79 Å². The minimum atomic E-state index is -0.651. The van der Waals surface area contributed by atoms with Crippen molar-refractivity contribution >= 4 is 16.9 Å². The fourth-order valence-corrected chi connectivity index (χ4v) is 4.81. The number of carbonyl (C=O) groups is 1. The van der Waals surface area contributed by atoms with Crippen molar-refractivity contribution in [2.45, 2.75) is 64.2 Å². The molecule has 2 aliphatic carbocycles. The van der Waals surface area contributed by atoms with Crippen LogP contribution in [0.1, 0.15) is 68.6 Å². The van der Waals surface area contributed by atoms with E-state index in [9.17, 15) is 9.90 Å². The van der Waals surface area contributed by atoms with Crippen LogP contribution in [-0.2, 0) is 10.2 Å². The van der Waals surface area contributed by atoms with E-state index in [0.29, 0.717) is 24.0 Å². The zero-order valence-corrected chi connectivity index (χ0v) is 15.7. The largest absolute Gasteiger partial charge is 0.513 e. The van der Waals surface area contributed by atoms with Gasteiger partial charge in [0.15, 0.2) is 0 Å². The molecule has 1 saturated carbocycles. The summed E-state index contributed by atoms with van der Waals surface area (Å²) in [4.78, 5) is 12.3. The molecular weight excluding hydrogens is 328 g/mol. The molecule has 2 aromatic rings. The zero-order chi connectivity index (χ0) is 18.5. The molecule has 0 aromatic heterocycles. The number of hydrogen-bond donors (Lipinski definition) is 1. The highest BCUT2D eigenvalue weighted by atomic mass is 16.7. The summed E-state index contributed by atoms with van der Waals surface area (Å²) < 4.78 is 11.0. The molecule has 4 heteroatoms. The Morgan fingerprint density at radius 3 is 2.92 bits per heavy atom. The van der Waals surface area contributed by atoms with Crippen LogP contribution in [0.15, 0.2) is 18.2 Å². The Kier molecular flexibility index (Phi) is 4.09. The number of unbranched alkanes of at least 4 members (excludes halogenated alkanes) is 1. The van der Waals surface area contributed by atoms with Crippen molar-refractivity contribution in [3.8, 4) is 11.5 Å². The van der Waals surface area contributed by atoms with Crippen LogP contribution in [0, 0.1) is 6.92 Å². The summed E-state index contributed by atoms with van der Waals surface area (Å²) in [6.45, 7) is 6.63. The Bertz CT molecular complexity index is 886. The number of ether oxygens (including phenoxy) is 2. The minimum Gasteiger partial charge on any atom is -0.507 e. The second-order valence-electron chi connectivity index (χ2n) is 8.07. The summed E-state index contributed by atoms with van der Waals surface area (Å²) in [6, 6.07) is 5.89. The Morgan fingerprint density at radius 1 is 1.35 bits per heavy atom. The number of aromatic hydroxyl groups is 1. The minimum absolute atomic E-state index is 0.0343. The molecule has 2 aliphatic rings. The maximum Gasteiger partial charge on any atom is 0.513 e. The van der Waals surface area contributed by atoms with Gasteiger partial charge in [-0.15, -0.1) is 0 Å². The van der Waals surface area contributed by atoms with Crippen LogP contribution in [0.3, 0.4) is 0 Å². The second kappa shape index (κ2) is 6.19. The SMILES string of the molecule is CCCCOC(=O)Oc1c2c(c(O)c3ccc(C)cc13)C1(C)CCC2C1. The lowest BCUT2D eigenvalue weighted by Crippen LogP contribution is -2.18. The molecule has 0 amide bonds. The van der Waals surface area contributed by atoms with Crippen molar-refractivity contribution in [3.63, 3.8) is 0 Å². The van der Waals surface area contributed by atoms with Gasteiger partial charge in [-0.1, -0.05) is 38.0 Å². The van der Waals surface area contributed by atoms with Gasteiger partial charge in [-0.2, -0.15) is 0 Å². The lowest BCUT2D eigenvalue weighted by molar-refractivity contribution is 0.0978. The third-order valence-electron chi connectivity index (χ3n) is 6.08. The summed E-state index contributed by atoms with van der Waals surface area (Å²) in [5, 5.41) is 12.6. The number of fused-ring (bicyclic) bond motifs is 6. The normalized spacial score (nSPS) is 23.3. The quantitative estimate of drug-likeness (QED) is 0.434. The molecule has 0 spiro atoms. The highest BCUT2D eigenvalue weighted by Gasteiger charge is 2.50. The second-order valence-corrected chi connectivity index (χ2v) is 8.07. The van der Waals surface area contributed by atoms with Crippen LogP contribution in [0.25, 0.3) is 10.8 Å². The first-order chi connectivity index (χ1) is 12.4. The first kappa shape index (κ1) is 17.2. The molecule has 2 atom stereocenters. The van der Waals surface area contributed by atoms with Gasteiger partial charge in [0.2, 0.25) is 0 Å². The first-order valence-corrected chi connectivity index (χ1v) is 9.59. The van der Waals surface area contributed by atoms with Gasteiger partial charge in [-0.3, -0.25) is 0 Å². The Labute approximate surface area is 154 Å². The standard InChI is InChI=1S/C22H26O4/c1-4-5-10-25-21(24)26-20-16-11-13(2)6-7-15(16)19(23)18-17(20)14-8-9-22(18,3)12-14/h6-7,11,14,23H,4-5,8-10,12H2,1-3H3. The first-order valence-electron chi connectivity index (χ1n) is 9.59. The third-order valence-corrected chi connectivity index (χ3v) is 6.08. The van der Waals surface area contributed by atoms with Gasteiger partial charge in [-0.05, 0) is 50.0 Å². The molecule has 4 nitrogen and oxygen atoms in total. The molecule has 2 bridgehead atoms. The molecule has 4 rings (SSSR count). The Balaban J connectivity index is 1.85. The van der Waals surface area contributed by atoms with Crippen molar-refractivity contribution in [2.75, 3.05) is 6.61 Å². The summed E-state index contributed by atoms with van der Waals surface area (Å²) in [5.41, 5.74) is 3.02. The van der Waals surface area contributed by atoms with Gasteiger partial charge >= 0.3 is 6.16 Å². The Hall–Kier alpha value is -2.23. The number of phenols is 1. The molecule has 0 saturated heterocycles. The maximum absolute atomic E-state index is 12.3. The molecular formula is C22H26O4. The summed E-state index contributed by atoms with van der Waals surface area (Å²) in [6.07, 6.45) is 4.28. The number of phenolic OH excluding ortho intramolecular Hbond substituents is 1. The topological polar surface area (TPSA) is 55.8 Å². The van der Waals surface area contributed by atoms with Crippen LogP contribution in [0.5, 0.6) is 11.5 Å². The molecule has 0 aliphatic heterocycles. The van der Waals surface area contributed by atoms with Crippen molar-refractivity contribution in [1.29, 1.82) is 0 Å². The van der Waals surface area contributed by atoms with Crippen molar-refractivity contribution < 1.29 is 19.4 Å². The van der Waals surface area contributed by atoms with Crippen molar-refractivity contribution in [2.24, 2.45) is 0 Å². The molecule has 2 aromatic carbocycles. The van der Waals surface area contributed by atoms with Crippen LogP contribution in [-0.4, -0.2) is 17.9 Å². The van der Waals surface area contributed by atoms with Gasteiger partial charge in [0.25, 0.3) is 0 Å². The average Bonchev–Trinajstić information content (AvgIpc) is 3.12. The van der Waals surface area contributed by atoms with E-state index in [1.54, 1.807) is 0 Å². The van der Waals surface area contributed by atoms with Gasteiger partial charge in [0.05, 0.1) is 6.61 Å². The van der Waals surface area contributed by atoms with Crippen LogP contribution in [0.4, 0.5) is 4.79 Å². The lowest BCUT2D eigenvalue weighted by atomic mass is 9.78. The number of benzene rings is 2. The molecule has 138 valence electrons. The summed E-state index contributed by atoms with van der Waals surface area (Å²) in [7, 11) is 0. The zero-order valence-electron chi connectivity index (χ0n) is 15.7.